The van der Waals surface area contributed by atoms with Crippen molar-refractivity contribution >= 4 is 34.3 Å². The molecule has 0 bridgehead atoms. The summed E-state index contributed by atoms with van der Waals surface area (Å²) >= 11 is 0. The molecule has 2 aromatic heterocycles. The Morgan fingerprint density at radius 2 is 1.45 bits per heavy atom. The van der Waals surface area contributed by atoms with Gasteiger partial charge in [0.1, 0.15) is 0 Å². The van der Waals surface area contributed by atoms with Crippen LogP contribution < -0.4 is 21.0 Å². The first kappa shape index (κ1) is 23.6. The van der Waals surface area contributed by atoms with E-state index in [1.54, 1.807) is 6.21 Å². The number of hydrogen-bond acceptors (Lipinski definition) is 5. The van der Waals surface area contributed by atoms with Gasteiger partial charge in [-0.25, -0.2) is 9.48 Å². The standard InChI is InChI=1S/C29H29N7O2/c1-19-8-10-22(11-9-19)36-28(37)23(20(2)33-36)18-30-26-16-24-25(32-29(38)31-24)17-27(26)35-14-12-34(13-15-35)21-6-4-3-5-7-21/h3-11,16-18,33H,12-15H2,1-2H3,(H2,31,32,38). The Balaban J connectivity index is 1.33. The van der Waals surface area contributed by atoms with E-state index in [4.69, 9.17) is 4.99 Å². The normalized spacial score (nSPS) is 14.2. The molecule has 0 saturated carbocycles. The summed E-state index contributed by atoms with van der Waals surface area (Å²) in [7, 11) is 0. The number of piperazine rings is 1. The number of nitrogens with zero attached hydrogens (tertiary/aromatic N) is 4. The second kappa shape index (κ2) is 9.59. The van der Waals surface area contributed by atoms with E-state index in [1.807, 2.05) is 56.3 Å². The quantitative estimate of drug-likeness (QED) is 0.312. The zero-order valence-electron chi connectivity index (χ0n) is 21.4. The lowest BCUT2D eigenvalue weighted by atomic mass is 10.1. The first-order valence-corrected chi connectivity index (χ1v) is 12.7. The lowest BCUT2D eigenvalue weighted by Gasteiger charge is -2.37. The summed E-state index contributed by atoms with van der Waals surface area (Å²) < 4.78 is 1.53. The molecule has 0 aliphatic carbocycles. The summed E-state index contributed by atoms with van der Waals surface area (Å²) in [4.78, 5) is 40.4. The fraction of sp³-hybridized carbons (Fsp3) is 0.207. The SMILES string of the molecule is Cc1ccc(-n2[nH]c(C)c(C=Nc3cc4[nH]c(=O)[nH]c4cc3N3CCN(c4ccccc4)CC3)c2=O)cc1. The molecular formula is C29H29N7O2. The molecule has 3 aromatic carbocycles. The minimum absolute atomic E-state index is 0.163. The summed E-state index contributed by atoms with van der Waals surface area (Å²) in [5.74, 6) is 0. The first-order chi connectivity index (χ1) is 18.5. The van der Waals surface area contributed by atoms with Gasteiger partial charge in [0.05, 0.1) is 33.7 Å². The number of hydrogen-bond donors (Lipinski definition) is 3. The second-order valence-electron chi connectivity index (χ2n) is 9.66. The molecular weight excluding hydrogens is 478 g/mol. The van der Waals surface area contributed by atoms with Gasteiger partial charge in [-0.3, -0.25) is 14.9 Å². The lowest BCUT2D eigenvalue weighted by molar-refractivity contribution is 0.654. The van der Waals surface area contributed by atoms with Gasteiger partial charge in [0.25, 0.3) is 5.56 Å². The number of imidazole rings is 1. The highest BCUT2D eigenvalue weighted by Crippen LogP contribution is 2.33. The molecule has 0 spiro atoms. The number of H-pyrrole nitrogens is 3. The maximum atomic E-state index is 13.2. The van der Waals surface area contributed by atoms with Crippen LogP contribution in [-0.2, 0) is 0 Å². The number of aliphatic imine (C=N–C) groups is 1. The van der Waals surface area contributed by atoms with Crippen LogP contribution in [0, 0.1) is 13.8 Å². The van der Waals surface area contributed by atoms with Crippen LogP contribution in [0.2, 0.25) is 0 Å². The van der Waals surface area contributed by atoms with Crippen LogP contribution >= 0.6 is 0 Å². The van der Waals surface area contributed by atoms with Crippen molar-refractivity contribution in [3.63, 3.8) is 0 Å². The van der Waals surface area contributed by atoms with Gasteiger partial charge in [-0.05, 0) is 50.2 Å². The number of fused-ring (bicyclic) bond motifs is 1. The number of aromatic nitrogens is 4. The Morgan fingerprint density at radius 1 is 0.789 bits per heavy atom. The van der Waals surface area contributed by atoms with Crippen LogP contribution in [-0.4, -0.2) is 52.1 Å². The number of aromatic amines is 3. The first-order valence-electron chi connectivity index (χ1n) is 12.7. The van der Waals surface area contributed by atoms with E-state index in [9.17, 15) is 9.59 Å². The van der Waals surface area contributed by atoms with Crippen molar-refractivity contribution in [1.82, 2.24) is 19.7 Å². The molecule has 0 atom stereocenters. The number of aryl methyl sites for hydroxylation is 2. The van der Waals surface area contributed by atoms with E-state index >= 15 is 0 Å². The summed E-state index contributed by atoms with van der Waals surface area (Å²) in [6.45, 7) is 7.23. The Morgan fingerprint density at radius 3 is 2.16 bits per heavy atom. The lowest BCUT2D eigenvalue weighted by Crippen LogP contribution is -2.46. The largest absolute Gasteiger partial charge is 0.368 e. The van der Waals surface area contributed by atoms with Gasteiger partial charge in [-0.2, -0.15) is 0 Å². The molecule has 9 nitrogen and oxygen atoms in total. The average Bonchev–Trinajstić information content (AvgIpc) is 3.44. The zero-order chi connectivity index (χ0) is 26.2. The molecule has 192 valence electrons. The molecule has 1 fully saturated rings. The number of anilines is 2. The van der Waals surface area contributed by atoms with Crippen molar-refractivity contribution in [2.24, 2.45) is 4.99 Å². The van der Waals surface area contributed by atoms with Gasteiger partial charge in [-0.1, -0.05) is 35.9 Å². The molecule has 6 rings (SSSR count). The summed E-state index contributed by atoms with van der Waals surface area (Å²) in [5.41, 5.74) is 6.93. The van der Waals surface area contributed by atoms with E-state index in [-0.39, 0.29) is 11.2 Å². The monoisotopic (exact) mass is 507 g/mol. The third kappa shape index (κ3) is 4.43. The minimum atomic E-state index is -0.261. The second-order valence-corrected chi connectivity index (χ2v) is 9.66. The average molecular weight is 508 g/mol. The van der Waals surface area contributed by atoms with Crippen molar-refractivity contribution in [3.05, 3.63) is 104 Å². The van der Waals surface area contributed by atoms with Crippen molar-refractivity contribution < 1.29 is 0 Å². The van der Waals surface area contributed by atoms with Gasteiger partial charge in [0, 0.05) is 43.8 Å². The van der Waals surface area contributed by atoms with Crippen LogP contribution in [0.3, 0.4) is 0 Å². The van der Waals surface area contributed by atoms with Crippen LogP contribution in [0.25, 0.3) is 16.7 Å². The van der Waals surface area contributed by atoms with Crippen molar-refractivity contribution in [3.8, 4) is 5.69 Å². The van der Waals surface area contributed by atoms with Crippen LogP contribution in [0.4, 0.5) is 17.1 Å². The van der Waals surface area contributed by atoms with Gasteiger partial charge >= 0.3 is 5.69 Å². The predicted molar refractivity (Wildman–Crippen MR) is 153 cm³/mol. The zero-order valence-corrected chi connectivity index (χ0v) is 21.4. The number of rotatable bonds is 5. The smallest absolute Gasteiger partial charge is 0.323 e. The maximum Gasteiger partial charge on any atom is 0.323 e. The third-order valence-corrected chi connectivity index (χ3v) is 7.09. The number of para-hydroxylation sites is 1. The third-order valence-electron chi connectivity index (χ3n) is 7.09. The fourth-order valence-electron chi connectivity index (χ4n) is 4.98. The summed E-state index contributed by atoms with van der Waals surface area (Å²) in [5, 5.41) is 3.16. The van der Waals surface area contributed by atoms with E-state index in [1.165, 1.54) is 10.4 Å². The van der Waals surface area contributed by atoms with Gasteiger partial charge in [0.15, 0.2) is 0 Å². The minimum Gasteiger partial charge on any atom is -0.368 e. The Kier molecular flexibility index (Phi) is 5.95. The molecule has 3 heterocycles. The Bertz CT molecular complexity index is 1730. The molecule has 1 aliphatic heterocycles. The molecule has 1 saturated heterocycles. The molecule has 38 heavy (non-hydrogen) atoms. The highest BCUT2D eigenvalue weighted by molar-refractivity contribution is 5.91. The van der Waals surface area contributed by atoms with Crippen molar-refractivity contribution in [2.45, 2.75) is 13.8 Å². The Hall–Kier alpha value is -4.79. The maximum absolute atomic E-state index is 13.2. The van der Waals surface area contributed by atoms with Crippen molar-refractivity contribution in [2.75, 3.05) is 36.0 Å². The van der Waals surface area contributed by atoms with Crippen LogP contribution in [0.5, 0.6) is 0 Å². The van der Waals surface area contributed by atoms with E-state index in [0.717, 1.165) is 54.3 Å². The highest BCUT2D eigenvalue weighted by Gasteiger charge is 2.21. The highest BCUT2D eigenvalue weighted by atomic mass is 16.1. The molecule has 3 N–H and O–H groups in total. The summed E-state index contributed by atoms with van der Waals surface area (Å²) in [6.07, 6.45) is 1.62. The number of benzene rings is 3. The van der Waals surface area contributed by atoms with Gasteiger partial charge in [-0.15, -0.1) is 0 Å². The molecule has 9 heteroatoms. The molecule has 5 aromatic rings. The topological polar surface area (TPSA) is 105 Å². The van der Waals surface area contributed by atoms with E-state index in [0.29, 0.717) is 16.8 Å². The van der Waals surface area contributed by atoms with Crippen molar-refractivity contribution in [1.29, 1.82) is 0 Å². The molecule has 0 radical (unpaired) electrons. The molecule has 0 unspecified atom stereocenters. The van der Waals surface area contributed by atoms with Crippen LogP contribution in [0.1, 0.15) is 16.8 Å². The fourth-order valence-corrected chi connectivity index (χ4v) is 4.98. The predicted octanol–water partition coefficient (Wildman–Crippen LogP) is 4.03. The summed E-state index contributed by atoms with van der Waals surface area (Å²) in [6, 6.07) is 22.0. The Labute approximate surface area is 219 Å². The van der Waals surface area contributed by atoms with E-state index < -0.39 is 0 Å². The van der Waals surface area contributed by atoms with Gasteiger partial charge < -0.3 is 19.8 Å². The van der Waals surface area contributed by atoms with Gasteiger partial charge in [0.2, 0.25) is 0 Å². The number of nitrogens with one attached hydrogen (secondary N) is 3. The van der Waals surface area contributed by atoms with E-state index in [2.05, 4.69) is 49.1 Å². The van der Waals surface area contributed by atoms with Crippen LogP contribution in [0.15, 0.2) is 81.3 Å². The molecule has 0 amide bonds. The molecule has 1 aliphatic rings.